The first-order chi connectivity index (χ1) is 10.6. The summed E-state index contributed by atoms with van der Waals surface area (Å²) in [7, 11) is 0. The van der Waals surface area contributed by atoms with Crippen LogP contribution in [0.15, 0.2) is 54.6 Å². The molecule has 22 heavy (non-hydrogen) atoms. The molecular weight excluding hydrogens is 282 g/mol. The molecule has 2 rings (SSSR count). The fraction of sp³-hybridized carbons (Fsp3) is 0.176. The molecule has 2 N–H and O–H groups in total. The predicted molar refractivity (Wildman–Crippen MR) is 82.7 cm³/mol. The molecule has 0 saturated heterocycles. The molecule has 114 valence electrons. The third-order valence-electron chi connectivity index (χ3n) is 2.95. The normalized spacial score (nSPS) is 10.0. The molecule has 0 aliphatic rings. The molecule has 0 atom stereocenters. The quantitative estimate of drug-likeness (QED) is 0.824. The van der Waals surface area contributed by atoms with Crippen LogP contribution in [0.5, 0.6) is 5.75 Å². The predicted octanol–water partition coefficient (Wildman–Crippen LogP) is 3.07. The molecule has 0 aromatic heterocycles. The van der Waals surface area contributed by atoms with Crippen molar-refractivity contribution in [3.63, 3.8) is 0 Å². The first-order valence-electron chi connectivity index (χ1n) is 6.92. The molecule has 0 bridgehead atoms. The van der Waals surface area contributed by atoms with E-state index in [2.05, 4.69) is 5.32 Å². The third-order valence-corrected chi connectivity index (χ3v) is 2.95. The Balaban J connectivity index is 1.82. The van der Waals surface area contributed by atoms with Crippen molar-refractivity contribution < 1.29 is 19.4 Å². The fourth-order valence-corrected chi connectivity index (χ4v) is 1.81. The van der Waals surface area contributed by atoms with Crippen LogP contribution in [0.2, 0.25) is 0 Å². The largest absolute Gasteiger partial charge is 0.489 e. The zero-order chi connectivity index (χ0) is 15.8. The van der Waals surface area contributed by atoms with E-state index in [1.165, 1.54) is 0 Å². The summed E-state index contributed by atoms with van der Waals surface area (Å²) in [5, 5.41) is 11.2. The summed E-state index contributed by atoms with van der Waals surface area (Å²) in [6.45, 7) is 0.442. The molecule has 0 heterocycles. The highest BCUT2D eigenvalue weighted by atomic mass is 16.5. The minimum Gasteiger partial charge on any atom is -0.489 e. The Hall–Kier alpha value is -2.82. The van der Waals surface area contributed by atoms with Crippen LogP contribution in [0.3, 0.4) is 0 Å². The molecule has 2 aromatic carbocycles. The van der Waals surface area contributed by atoms with E-state index in [1.54, 1.807) is 12.1 Å². The molecule has 0 fully saturated rings. The second-order valence-corrected chi connectivity index (χ2v) is 4.74. The van der Waals surface area contributed by atoms with Gasteiger partial charge in [0.25, 0.3) is 0 Å². The highest BCUT2D eigenvalue weighted by molar-refractivity contribution is 5.92. The van der Waals surface area contributed by atoms with Gasteiger partial charge in [-0.1, -0.05) is 30.3 Å². The molecule has 5 nitrogen and oxygen atoms in total. The molecule has 1 amide bonds. The standard InChI is InChI=1S/C17H17NO4/c19-16(10-11-17(20)21)18-14-8-6-13(7-9-14)12-22-15-4-2-1-3-5-15/h1-9H,10-12H2,(H,18,19)(H,20,21). The molecule has 0 radical (unpaired) electrons. The van der Waals surface area contributed by atoms with Crippen LogP contribution in [0.4, 0.5) is 5.69 Å². The maximum atomic E-state index is 11.5. The van der Waals surface area contributed by atoms with Crippen LogP contribution in [0, 0.1) is 0 Å². The van der Waals surface area contributed by atoms with Crippen molar-refractivity contribution in [1.82, 2.24) is 0 Å². The molecule has 2 aromatic rings. The van der Waals surface area contributed by atoms with Gasteiger partial charge in [0.2, 0.25) is 5.91 Å². The Morgan fingerprint density at radius 1 is 0.955 bits per heavy atom. The number of hydrogen-bond donors (Lipinski definition) is 2. The number of nitrogens with one attached hydrogen (secondary N) is 1. The van der Waals surface area contributed by atoms with Gasteiger partial charge in [0.1, 0.15) is 12.4 Å². The number of carboxylic acids is 1. The van der Waals surface area contributed by atoms with Crippen LogP contribution in [0.1, 0.15) is 18.4 Å². The number of aliphatic carboxylic acids is 1. The Morgan fingerprint density at radius 2 is 1.64 bits per heavy atom. The van der Waals surface area contributed by atoms with Gasteiger partial charge in [-0.15, -0.1) is 0 Å². The number of carbonyl (C=O) groups excluding carboxylic acids is 1. The topological polar surface area (TPSA) is 75.6 Å². The van der Waals surface area contributed by atoms with E-state index in [0.29, 0.717) is 12.3 Å². The highest BCUT2D eigenvalue weighted by Gasteiger charge is 2.05. The molecule has 0 aliphatic heterocycles. The number of carbonyl (C=O) groups is 2. The fourth-order valence-electron chi connectivity index (χ4n) is 1.81. The summed E-state index contributed by atoms with van der Waals surface area (Å²) in [6.07, 6.45) is -0.205. The van der Waals surface area contributed by atoms with Gasteiger partial charge >= 0.3 is 5.97 Å². The van der Waals surface area contributed by atoms with Crippen molar-refractivity contribution in [1.29, 1.82) is 0 Å². The van der Waals surface area contributed by atoms with Crippen LogP contribution < -0.4 is 10.1 Å². The van der Waals surface area contributed by atoms with Crippen molar-refractivity contribution >= 4 is 17.6 Å². The molecule has 0 unspecified atom stereocenters. The maximum Gasteiger partial charge on any atom is 0.303 e. The van der Waals surface area contributed by atoms with E-state index in [4.69, 9.17) is 9.84 Å². The van der Waals surface area contributed by atoms with Gasteiger partial charge in [-0.2, -0.15) is 0 Å². The second kappa shape index (κ2) is 7.83. The molecule has 0 saturated carbocycles. The number of ether oxygens (including phenoxy) is 1. The van der Waals surface area contributed by atoms with Crippen molar-refractivity contribution in [2.45, 2.75) is 19.4 Å². The van der Waals surface area contributed by atoms with Crippen molar-refractivity contribution in [3.8, 4) is 5.75 Å². The number of anilines is 1. The second-order valence-electron chi connectivity index (χ2n) is 4.74. The monoisotopic (exact) mass is 299 g/mol. The van der Waals surface area contributed by atoms with E-state index >= 15 is 0 Å². The summed E-state index contributed by atoms with van der Waals surface area (Å²) < 4.78 is 5.63. The van der Waals surface area contributed by atoms with Crippen LogP contribution in [0.25, 0.3) is 0 Å². The Morgan fingerprint density at radius 3 is 2.27 bits per heavy atom. The third kappa shape index (κ3) is 5.28. The van der Waals surface area contributed by atoms with E-state index in [-0.39, 0.29) is 18.7 Å². The number of rotatable bonds is 7. The van der Waals surface area contributed by atoms with Crippen molar-refractivity contribution in [2.75, 3.05) is 5.32 Å². The summed E-state index contributed by atoms with van der Waals surface area (Å²) in [5.74, 6) is -0.493. The number of carboxylic acid groups (broad SMARTS) is 1. The average molecular weight is 299 g/mol. The average Bonchev–Trinajstić information content (AvgIpc) is 2.53. The van der Waals surface area contributed by atoms with Crippen LogP contribution >= 0.6 is 0 Å². The van der Waals surface area contributed by atoms with E-state index < -0.39 is 5.97 Å². The lowest BCUT2D eigenvalue weighted by atomic mass is 10.2. The summed E-state index contributed by atoms with van der Waals surface area (Å²) >= 11 is 0. The highest BCUT2D eigenvalue weighted by Crippen LogP contribution is 2.14. The first kappa shape index (κ1) is 15.6. The van der Waals surface area contributed by atoms with Gasteiger partial charge < -0.3 is 15.2 Å². The number of benzene rings is 2. The summed E-state index contributed by atoms with van der Waals surface area (Å²) in [5.41, 5.74) is 1.62. The van der Waals surface area contributed by atoms with Gasteiger partial charge in [0.05, 0.1) is 6.42 Å². The van der Waals surface area contributed by atoms with Gasteiger partial charge in [-0.3, -0.25) is 9.59 Å². The van der Waals surface area contributed by atoms with Crippen LogP contribution in [-0.2, 0) is 16.2 Å². The lowest BCUT2D eigenvalue weighted by Gasteiger charge is -2.08. The SMILES string of the molecule is O=C(O)CCC(=O)Nc1ccc(COc2ccccc2)cc1. The minimum absolute atomic E-state index is 0.0335. The molecule has 0 spiro atoms. The number of para-hydroxylation sites is 1. The Bertz CT molecular complexity index is 623. The van der Waals surface area contributed by atoms with Gasteiger partial charge in [0, 0.05) is 12.1 Å². The lowest BCUT2D eigenvalue weighted by molar-refractivity contribution is -0.138. The molecule has 0 aliphatic carbocycles. The summed E-state index contributed by atoms with van der Waals surface area (Å²) in [6, 6.07) is 16.8. The Kier molecular flexibility index (Phi) is 5.54. The zero-order valence-electron chi connectivity index (χ0n) is 12.0. The maximum absolute atomic E-state index is 11.5. The van der Waals surface area contributed by atoms with Crippen molar-refractivity contribution in [2.24, 2.45) is 0 Å². The molecular formula is C17H17NO4. The summed E-state index contributed by atoms with van der Waals surface area (Å²) in [4.78, 5) is 21.9. The number of amides is 1. The smallest absolute Gasteiger partial charge is 0.303 e. The van der Waals surface area contributed by atoms with Gasteiger partial charge in [-0.05, 0) is 29.8 Å². The van der Waals surface area contributed by atoms with E-state index in [1.807, 2.05) is 42.5 Å². The van der Waals surface area contributed by atoms with Gasteiger partial charge in [0.15, 0.2) is 0 Å². The van der Waals surface area contributed by atoms with E-state index in [0.717, 1.165) is 11.3 Å². The number of hydrogen-bond acceptors (Lipinski definition) is 3. The lowest BCUT2D eigenvalue weighted by Crippen LogP contribution is -2.13. The minimum atomic E-state index is -0.983. The first-order valence-corrected chi connectivity index (χ1v) is 6.92. The van der Waals surface area contributed by atoms with Crippen molar-refractivity contribution in [3.05, 3.63) is 60.2 Å². The zero-order valence-corrected chi connectivity index (χ0v) is 12.0. The van der Waals surface area contributed by atoms with Crippen LogP contribution in [-0.4, -0.2) is 17.0 Å². The molecule has 5 heteroatoms. The van der Waals surface area contributed by atoms with Gasteiger partial charge in [-0.25, -0.2) is 0 Å². The van der Waals surface area contributed by atoms with E-state index in [9.17, 15) is 9.59 Å². The Labute approximate surface area is 128 Å².